The number of carbonyl (C=O) groups excluding carboxylic acids is 2. The lowest BCUT2D eigenvalue weighted by atomic mass is 9.84. The van der Waals surface area contributed by atoms with Crippen molar-refractivity contribution in [2.75, 3.05) is 18.0 Å². The van der Waals surface area contributed by atoms with Gasteiger partial charge < -0.3 is 14.2 Å². The Bertz CT molecular complexity index is 1310. The summed E-state index contributed by atoms with van der Waals surface area (Å²) in [4.78, 5) is 44.5. The summed E-state index contributed by atoms with van der Waals surface area (Å²) in [5.74, 6) is -0.780. The summed E-state index contributed by atoms with van der Waals surface area (Å²) in [6.45, 7) is 6.42. The first-order chi connectivity index (χ1) is 15.1. The van der Waals surface area contributed by atoms with Gasteiger partial charge in [-0.15, -0.1) is 6.58 Å². The monoisotopic (exact) mass is 414 g/mol. The Morgan fingerprint density at radius 1 is 1.06 bits per heavy atom. The maximum Gasteiger partial charge on any atom is 0.291 e. The number of amides is 2. The van der Waals surface area contributed by atoms with Crippen LogP contribution in [0.5, 0.6) is 0 Å². The minimum Gasteiger partial charge on any atom is -0.450 e. The van der Waals surface area contributed by atoms with Crippen LogP contribution < -0.4 is 10.3 Å². The molecule has 3 heterocycles. The third-order valence-electron chi connectivity index (χ3n) is 6.19. The van der Waals surface area contributed by atoms with Crippen LogP contribution in [-0.4, -0.2) is 29.8 Å². The number of nitrogens with zero attached hydrogens (tertiary/aromatic N) is 2. The summed E-state index contributed by atoms with van der Waals surface area (Å²) in [6.07, 6.45) is 3.18. The Morgan fingerprint density at radius 2 is 1.81 bits per heavy atom. The van der Waals surface area contributed by atoms with Crippen LogP contribution in [0.2, 0.25) is 0 Å². The molecule has 0 aliphatic carbocycles. The molecule has 0 saturated heterocycles. The van der Waals surface area contributed by atoms with Gasteiger partial charge in [-0.3, -0.25) is 14.4 Å². The maximum absolute atomic E-state index is 14.1. The van der Waals surface area contributed by atoms with E-state index in [2.05, 4.69) is 6.58 Å². The van der Waals surface area contributed by atoms with Gasteiger partial charge in [0, 0.05) is 18.7 Å². The van der Waals surface area contributed by atoms with E-state index in [1.807, 2.05) is 31.2 Å². The summed E-state index contributed by atoms with van der Waals surface area (Å²) in [5.41, 5.74) is -0.0844. The fraction of sp³-hybridized carbons (Fsp3) is 0.240. The van der Waals surface area contributed by atoms with Crippen LogP contribution in [-0.2, 0) is 10.3 Å². The zero-order valence-electron chi connectivity index (χ0n) is 17.3. The second-order valence-corrected chi connectivity index (χ2v) is 7.87. The molecular formula is C25H22N2O4. The summed E-state index contributed by atoms with van der Waals surface area (Å²) >= 11 is 0. The van der Waals surface area contributed by atoms with E-state index in [1.54, 1.807) is 35.2 Å². The SMILES string of the molecule is C=CCN1C(=O)C2(c3ccccc31)c1c(oc3ccccc3c1=O)C(=O)N2CCCC. The standard InChI is InChI=1S/C25H22N2O4/c1-3-5-15-27-23(29)22-20(21(28)16-10-6-9-13-19(16)31-22)25(27)17-11-7-8-12-18(17)26(14-4-2)24(25)30/h4,6-13H,2-3,5,14-15H2,1H3. The van der Waals surface area contributed by atoms with Gasteiger partial charge in [0.25, 0.3) is 11.8 Å². The van der Waals surface area contributed by atoms with E-state index < -0.39 is 11.4 Å². The van der Waals surface area contributed by atoms with Gasteiger partial charge >= 0.3 is 0 Å². The number of rotatable bonds is 5. The number of benzene rings is 2. The molecule has 2 aromatic carbocycles. The van der Waals surface area contributed by atoms with Crippen LogP contribution in [0.4, 0.5) is 5.69 Å². The molecule has 1 aromatic heterocycles. The number of hydrogen-bond donors (Lipinski definition) is 0. The second kappa shape index (κ2) is 6.94. The molecule has 2 amide bonds. The predicted molar refractivity (Wildman–Crippen MR) is 118 cm³/mol. The van der Waals surface area contributed by atoms with Crippen molar-refractivity contribution in [2.45, 2.75) is 25.3 Å². The zero-order chi connectivity index (χ0) is 21.8. The van der Waals surface area contributed by atoms with E-state index in [1.165, 1.54) is 4.90 Å². The molecule has 1 spiro atoms. The van der Waals surface area contributed by atoms with Crippen molar-refractivity contribution in [3.8, 4) is 0 Å². The van der Waals surface area contributed by atoms with Crippen molar-refractivity contribution in [2.24, 2.45) is 0 Å². The minimum absolute atomic E-state index is 0.0385. The van der Waals surface area contributed by atoms with Crippen LogP contribution >= 0.6 is 0 Å². The highest BCUT2D eigenvalue weighted by atomic mass is 16.3. The predicted octanol–water partition coefficient (Wildman–Crippen LogP) is 3.83. The number of fused-ring (bicyclic) bond motifs is 5. The molecule has 6 nitrogen and oxygen atoms in total. The van der Waals surface area contributed by atoms with Crippen LogP contribution in [0, 0.1) is 0 Å². The summed E-state index contributed by atoms with van der Waals surface area (Å²) in [6, 6.07) is 14.2. The van der Waals surface area contributed by atoms with Gasteiger partial charge in [0.1, 0.15) is 5.58 Å². The minimum atomic E-state index is -1.52. The van der Waals surface area contributed by atoms with Crippen molar-refractivity contribution < 1.29 is 14.0 Å². The van der Waals surface area contributed by atoms with Crippen molar-refractivity contribution in [3.05, 3.63) is 88.3 Å². The maximum atomic E-state index is 14.1. The van der Waals surface area contributed by atoms with E-state index in [4.69, 9.17) is 4.42 Å². The van der Waals surface area contributed by atoms with Crippen molar-refractivity contribution in [1.82, 2.24) is 4.90 Å². The Kier molecular flexibility index (Phi) is 4.32. The summed E-state index contributed by atoms with van der Waals surface area (Å²) in [7, 11) is 0. The third-order valence-corrected chi connectivity index (χ3v) is 6.19. The van der Waals surface area contributed by atoms with Gasteiger partial charge in [0.2, 0.25) is 5.76 Å². The average molecular weight is 414 g/mol. The van der Waals surface area contributed by atoms with Gasteiger partial charge in [-0.05, 0) is 24.6 Å². The number of para-hydroxylation sites is 2. The molecule has 2 aliphatic rings. The first-order valence-electron chi connectivity index (χ1n) is 10.5. The van der Waals surface area contributed by atoms with Crippen LogP contribution in [0.1, 0.15) is 41.4 Å². The normalized spacial score (nSPS) is 19.4. The molecule has 0 radical (unpaired) electrons. The number of hydrogen-bond acceptors (Lipinski definition) is 4. The summed E-state index contributed by atoms with van der Waals surface area (Å²) in [5, 5.41) is 0.359. The van der Waals surface area contributed by atoms with Crippen LogP contribution in [0.15, 0.2) is 70.4 Å². The topological polar surface area (TPSA) is 70.8 Å². The van der Waals surface area contributed by atoms with Crippen molar-refractivity contribution >= 4 is 28.5 Å². The van der Waals surface area contributed by atoms with Crippen molar-refractivity contribution in [1.29, 1.82) is 0 Å². The van der Waals surface area contributed by atoms with Gasteiger partial charge in [-0.25, -0.2) is 0 Å². The molecule has 1 atom stereocenters. The lowest BCUT2D eigenvalue weighted by Gasteiger charge is -2.34. The van der Waals surface area contributed by atoms with E-state index in [9.17, 15) is 14.4 Å². The number of anilines is 1. The highest BCUT2D eigenvalue weighted by molar-refractivity contribution is 6.17. The fourth-order valence-corrected chi connectivity index (χ4v) is 4.86. The van der Waals surface area contributed by atoms with E-state index in [0.717, 1.165) is 6.42 Å². The molecule has 0 saturated carbocycles. The van der Waals surface area contributed by atoms with Crippen LogP contribution in [0.25, 0.3) is 11.0 Å². The lowest BCUT2D eigenvalue weighted by Crippen LogP contribution is -2.53. The van der Waals surface area contributed by atoms with E-state index in [0.29, 0.717) is 35.2 Å². The smallest absolute Gasteiger partial charge is 0.291 e. The highest BCUT2D eigenvalue weighted by Crippen LogP contribution is 2.52. The highest BCUT2D eigenvalue weighted by Gasteiger charge is 2.64. The summed E-state index contributed by atoms with van der Waals surface area (Å²) < 4.78 is 5.97. The molecule has 2 aliphatic heterocycles. The molecule has 156 valence electrons. The largest absolute Gasteiger partial charge is 0.450 e. The molecule has 1 unspecified atom stereocenters. The number of unbranched alkanes of at least 4 members (excludes halogenated alkanes) is 1. The molecular weight excluding hydrogens is 392 g/mol. The molecule has 5 rings (SSSR count). The van der Waals surface area contributed by atoms with E-state index in [-0.39, 0.29) is 29.2 Å². The molecule has 6 heteroatoms. The Morgan fingerprint density at radius 3 is 2.58 bits per heavy atom. The molecule has 0 bridgehead atoms. The lowest BCUT2D eigenvalue weighted by molar-refractivity contribution is -0.126. The second-order valence-electron chi connectivity index (χ2n) is 7.87. The Labute approximate surface area is 179 Å². The molecule has 3 aromatic rings. The van der Waals surface area contributed by atoms with E-state index >= 15 is 0 Å². The Hall–Kier alpha value is -3.67. The van der Waals surface area contributed by atoms with Gasteiger partial charge in [0.05, 0.1) is 16.6 Å². The fourth-order valence-electron chi connectivity index (χ4n) is 4.86. The first-order valence-corrected chi connectivity index (χ1v) is 10.5. The van der Waals surface area contributed by atoms with Gasteiger partial charge in [-0.1, -0.05) is 49.8 Å². The third kappa shape index (κ3) is 2.36. The number of carbonyl (C=O) groups is 2. The molecule has 0 fully saturated rings. The zero-order valence-corrected chi connectivity index (χ0v) is 17.3. The van der Waals surface area contributed by atoms with Crippen LogP contribution in [0.3, 0.4) is 0 Å². The first kappa shape index (κ1) is 19.3. The average Bonchev–Trinajstić information content (AvgIpc) is 3.18. The van der Waals surface area contributed by atoms with Gasteiger partial charge in [-0.2, -0.15) is 0 Å². The van der Waals surface area contributed by atoms with Crippen molar-refractivity contribution in [3.63, 3.8) is 0 Å². The Balaban J connectivity index is 1.91. The quantitative estimate of drug-likeness (QED) is 0.595. The molecule has 0 N–H and O–H groups in total. The molecule has 31 heavy (non-hydrogen) atoms. The van der Waals surface area contributed by atoms with Gasteiger partial charge in [0.15, 0.2) is 11.0 Å².